The van der Waals surface area contributed by atoms with Gasteiger partial charge in [0.1, 0.15) is 0 Å². The van der Waals surface area contributed by atoms with Gasteiger partial charge in [-0.2, -0.15) is 5.10 Å². The summed E-state index contributed by atoms with van der Waals surface area (Å²) in [5.41, 5.74) is 1.26. The number of hydrogen-bond acceptors (Lipinski definition) is 2. The molecule has 1 heterocycles. The van der Waals surface area contributed by atoms with E-state index in [9.17, 15) is 0 Å². The van der Waals surface area contributed by atoms with Crippen LogP contribution in [-0.4, -0.2) is 33.1 Å². The van der Waals surface area contributed by atoms with E-state index in [1.54, 1.807) is 0 Å². The number of alkyl halides is 1. The van der Waals surface area contributed by atoms with Crippen LogP contribution in [0, 0.1) is 0 Å². The number of rotatable bonds is 4. The van der Waals surface area contributed by atoms with Crippen molar-refractivity contribution in [3.63, 3.8) is 0 Å². The van der Waals surface area contributed by atoms with Crippen molar-refractivity contribution in [2.45, 2.75) is 18.3 Å². The Labute approximate surface area is 87.9 Å². The van der Waals surface area contributed by atoms with Gasteiger partial charge in [-0.15, -0.1) is 0 Å². The third-order valence-corrected chi connectivity index (χ3v) is 2.06. The van der Waals surface area contributed by atoms with Gasteiger partial charge in [-0.3, -0.25) is 4.68 Å². The molecule has 1 unspecified atom stereocenters. The molecule has 0 N–H and O–H groups in total. The highest BCUT2D eigenvalue weighted by molar-refractivity contribution is 9.09. The van der Waals surface area contributed by atoms with Crippen LogP contribution in [-0.2, 0) is 13.6 Å². The summed E-state index contributed by atoms with van der Waals surface area (Å²) in [7, 11) is 4.06. The van der Waals surface area contributed by atoms with E-state index in [-0.39, 0.29) is 0 Å². The van der Waals surface area contributed by atoms with Gasteiger partial charge in [-0.05, 0) is 7.05 Å². The Morgan fingerprint density at radius 3 is 2.85 bits per heavy atom. The highest BCUT2D eigenvalue weighted by atomic mass is 79.9. The van der Waals surface area contributed by atoms with Crippen molar-refractivity contribution in [1.29, 1.82) is 0 Å². The van der Waals surface area contributed by atoms with Crippen LogP contribution in [0.1, 0.15) is 12.5 Å². The van der Waals surface area contributed by atoms with Crippen molar-refractivity contribution in [3.8, 4) is 0 Å². The fourth-order valence-electron chi connectivity index (χ4n) is 1.36. The van der Waals surface area contributed by atoms with E-state index in [2.05, 4.69) is 46.1 Å². The van der Waals surface area contributed by atoms with Crippen LogP contribution in [0.15, 0.2) is 12.4 Å². The maximum Gasteiger partial charge on any atom is 0.0534 e. The monoisotopic (exact) mass is 245 g/mol. The van der Waals surface area contributed by atoms with Crippen molar-refractivity contribution >= 4 is 15.9 Å². The zero-order valence-electron chi connectivity index (χ0n) is 8.37. The van der Waals surface area contributed by atoms with Gasteiger partial charge in [0.05, 0.1) is 6.20 Å². The zero-order valence-corrected chi connectivity index (χ0v) is 9.95. The number of aryl methyl sites for hydroxylation is 1. The lowest BCUT2D eigenvalue weighted by Crippen LogP contribution is -2.23. The molecule has 1 aromatic heterocycles. The summed E-state index contributed by atoms with van der Waals surface area (Å²) in [5.74, 6) is 0. The summed E-state index contributed by atoms with van der Waals surface area (Å²) in [6.45, 7) is 4.17. The van der Waals surface area contributed by atoms with Crippen LogP contribution in [0.3, 0.4) is 0 Å². The van der Waals surface area contributed by atoms with Gasteiger partial charge < -0.3 is 4.90 Å². The third kappa shape index (κ3) is 3.91. The number of hydrogen-bond donors (Lipinski definition) is 0. The summed E-state index contributed by atoms with van der Waals surface area (Å²) in [6, 6.07) is 0. The van der Waals surface area contributed by atoms with E-state index in [1.165, 1.54) is 5.56 Å². The molecule has 1 aromatic rings. The molecule has 0 aliphatic heterocycles. The SMILES string of the molecule is CC(Br)CN(C)Cc1cnn(C)c1. The van der Waals surface area contributed by atoms with E-state index in [0.717, 1.165) is 13.1 Å². The molecule has 4 heteroatoms. The molecule has 0 amide bonds. The van der Waals surface area contributed by atoms with Crippen LogP contribution < -0.4 is 0 Å². The molecular weight excluding hydrogens is 230 g/mol. The lowest BCUT2D eigenvalue weighted by atomic mass is 10.3. The van der Waals surface area contributed by atoms with Gasteiger partial charge in [0.15, 0.2) is 0 Å². The minimum atomic E-state index is 0.536. The molecular formula is C9H16BrN3. The summed E-state index contributed by atoms with van der Waals surface area (Å²) < 4.78 is 1.83. The Kier molecular flexibility index (Phi) is 3.93. The summed E-state index contributed by atoms with van der Waals surface area (Å²) >= 11 is 3.53. The minimum absolute atomic E-state index is 0.536. The molecule has 0 bridgehead atoms. The molecule has 0 aromatic carbocycles. The van der Waals surface area contributed by atoms with Gasteiger partial charge >= 0.3 is 0 Å². The standard InChI is InChI=1S/C9H16BrN3/c1-8(10)5-12(2)6-9-4-11-13(3)7-9/h4,7-8H,5-6H2,1-3H3. The second-order valence-corrected chi connectivity index (χ2v) is 5.06. The van der Waals surface area contributed by atoms with E-state index in [4.69, 9.17) is 0 Å². The lowest BCUT2D eigenvalue weighted by Gasteiger charge is -2.16. The van der Waals surface area contributed by atoms with E-state index in [1.807, 2.05) is 17.9 Å². The molecule has 13 heavy (non-hydrogen) atoms. The predicted octanol–water partition coefficient (Wildman–Crippen LogP) is 1.64. The second kappa shape index (κ2) is 4.77. The van der Waals surface area contributed by atoms with E-state index < -0.39 is 0 Å². The summed E-state index contributed by atoms with van der Waals surface area (Å²) in [4.78, 5) is 2.81. The predicted molar refractivity (Wildman–Crippen MR) is 57.9 cm³/mol. The maximum atomic E-state index is 4.13. The maximum absolute atomic E-state index is 4.13. The summed E-state index contributed by atoms with van der Waals surface area (Å²) in [5, 5.41) is 4.13. The Morgan fingerprint density at radius 1 is 1.69 bits per heavy atom. The van der Waals surface area contributed by atoms with Gasteiger partial charge in [0.2, 0.25) is 0 Å². The molecule has 1 rings (SSSR count). The molecule has 0 aliphatic rings. The van der Waals surface area contributed by atoms with E-state index in [0.29, 0.717) is 4.83 Å². The van der Waals surface area contributed by atoms with Crippen LogP contribution in [0.25, 0.3) is 0 Å². The number of aromatic nitrogens is 2. The number of nitrogens with zero attached hydrogens (tertiary/aromatic N) is 3. The van der Waals surface area contributed by atoms with Crippen molar-refractivity contribution in [2.24, 2.45) is 7.05 Å². The summed E-state index contributed by atoms with van der Waals surface area (Å²) in [6.07, 6.45) is 3.96. The highest BCUT2D eigenvalue weighted by Crippen LogP contribution is 2.04. The molecule has 0 saturated carbocycles. The molecule has 0 radical (unpaired) electrons. The average molecular weight is 246 g/mol. The van der Waals surface area contributed by atoms with Crippen LogP contribution in [0.2, 0.25) is 0 Å². The van der Waals surface area contributed by atoms with Crippen molar-refractivity contribution in [3.05, 3.63) is 18.0 Å². The quantitative estimate of drug-likeness (QED) is 0.753. The largest absolute Gasteiger partial charge is 0.301 e. The Balaban J connectivity index is 2.40. The normalized spacial score (nSPS) is 13.6. The third-order valence-electron chi connectivity index (χ3n) is 1.77. The first kappa shape index (κ1) is 10.7. The van der Waals surface area contributed by atoms with Crippen LogP contribution in [0.5, 0.6) is 0 Å². The van der Waals surface area contributed by atoms with Crippen LogP contribution >= 0.6 is 15.9 Å². The molecule has 0 spiro atoms. The molecule has 74 valence electrons. The van der Waals surface area contributed by atoms with Gasteiger partial charge in [0.25, 0.3) is 0 Å². The molecule has 0 saturated heterocycles. The Bertz CT molecular complexity index is 257. The van der Waals surface area contributed by atoms with Crippen molar-refractivity contribution < 1.29 is 0 Å². The zero-order chi connectivity index (χ0) is 9.84. The Morgan fingerprint density at radius 2 is 2.38 bits per heavy atom. The van der Waals surface area contributed by atoms with Crippen molar-refractivity contribution in [1.82, 2.24) is 14.7 Å². The van der Waals surface area contributed by atoms with Gasteiger partial charge in [-0.25, -0.2) is 0 Å². The Hall–Kier alpha value is -0.350. The van der Waals surface area contributed by atoms with Gasteiger partial charge in [0, 0.05) is 36.7 Å². The topological polar surface area (TPSA) is 21.1 Å². The lowest BCUT2D eigenvalue weighted by molar-refractivity contribution is 0.333. The fraction of sp³-hybridized carbons (Fsp3) is 0.667. The first-order chi connectivity index (χ1) is 6.08. The molecule has 1 atom stereocenters. The van der Waals surface area contributed by atoms with Crippen LogP contribution in [0.4, 0.5) is 0 Å². The fourth-order valence-corrected chi connectivity index (χ4v) is 1.85. The second-order valence-electron chi connectivity index (χ2n) is 3.50. The molecule has 3 nitrogen and oxygen atoms in total. The minimum Gasteiger partial charge on any atom is -0.301 e. The van der Waals surface area contributed by atoms with E-state index >= 15 is 0 Å². The molecule has 0 aliphatic carbocycles. The first-order valence-corrected chi connectivity index (χ1v) is 5.29. The smallest absolute Gasteiger partial charge is 0.0534 e. The number of halogens is 1. The molecule has 0 fully saturated rings. The highest BCUT2D eigenvalue weighted by Gasteiger charge is 2.04. The van der Waals surface area contributed by atoms with Crippen molar-refractivity contribution in [2.75, 3.05) is 13.6 Å². The van der Waals surface area contributed by atoms with Gasteiger partial charge in [-0.1, -0.05) is 22.9 Å². The first-order valence-electron chi connectivity index (χ1n) is 4.38. The average Bonchev–Trinajstić information content (AvgIpc) is 2.33.